The second-order valence-electron chi connectivity index (χ2n) is 2.03. The third-order valence-electron chi connectivity index (χ3n) is 1.18. The second kappa shape index (κ2) is 6.39. The van der Waals surface area contributed by atoms with Gasteiger partial charge in [-0.2, -0.15) is 8.42 Å². The summed E-state index contributed by atoms with van der Waals surface area (Å²) in [6.45, 7) is 3.69. The summed E-state index contributed by atoms with van der Waals surface area (Å²) in [6.07, 6.45) is 1.05. The van der Waals surface area contributed by atoms with Crippen LogP contribution in [0.1, 0.15) is 28.1 Å². The van der Waals surface area contributed by atoms with Crippen LogP contribution >= 0.6 is 0 Å². The van der Waals surface area contributed by atoms with E-state index in [0.29, 0.717) is 12.8 Å². The van der Waals surface area contributed by atoms with Crippen LogP contribution in [0.4, 0.5) is 0 Å². The van der Waals surface area contributed by atoms with E-state index in [1.165, 1.54) is 0 Å². The average molecular weight is 191 g/mol. The number of nitrogens with two attached hydrogens (primary N) is 1. The zero-order chi connectivity index (χ0) is 8.20. The maximum absolute atomic E-state index is 10.3. The van der Waals surface area contributed by atoms with Gasteiger partial charge in [0.05, 0.1) is 6.10 Å². The summed E-state index contributed by atoms with van der Waals surface area (Å²) in [5, 5.41) is 4.64. The topological polar surface area (TPSA) is 69.4 Å². The zero-order valence-electron chi connectivity index (χ0n) is 8.20. The Bertz CT molecular complexity index is 181. The Balaban J connectivity index is -0.000000405. The first-order valence-corrected chi connectivity index (χ1v) is 4.67. The Morgan fingerprint density at radius 3 is 1.91 bits per heavy atom. The fraction of sp³-hybridized carbons (Fsp3) is 1.00. The summed E-state index contributed by atoms with van der Waals surface area (Å²) in [6, 6.07) is 0. The predicted octanol–water partition coefficient (Wildman–Crippen LogP) is -2.49. The molecular formula is C5H14NNaO3S. The van der Waals surface area contributed by atoms with Crippen LogP contribution in [0, 0.1) is 0 Å². The van der Waals surface area contributed by atoms with Gasteiger partial charge < -0.3 is 1.43 Å². The fourth-order valence-corrected chi connectivity index (χ4v) is 1.27. The molecule has 4 nitrogen and oxygen atoms in total. The van der Waals surface area contributed by atoms with Gasteiger partial charge in [0.2, 0.25) is 0 Å². The minimum atomic E-state index is -3.75. The first-order chi connectivity index (χ1) is 4.49. The van der Waals surface area contributed by atoms with Crippen molar-refractivity contribution in [3.05, 3.63) is 0 Å². The van der Waals surface area contributed by atoms with E-state index in [1.807, 2.05) is 13.8 Å². The molecule has 2 N–H and O–H groups in total. The van der Waals surface area contributed by atoms with E-state index < -0.39 is 10.3 Å². The van der Waals surface area contributed by atoms with Gasteiger partial charge in [0.1, 0.15) is 0 Å². The fourth-order valence-electron chi connectivity index (χ4n) is 0.614. The van der Waals surface area contributed by atoms with Crippen molar-refractivity contribution in [2.75, 3.05) is 0 Å². The molecule has 0 radical (unpaired) electrons. The summed E-state index contributed by atoms with van der Waals surface area (Å²) >= 11 is 0. The molecule has 0 aliphatic rings. The molecule has 0 fully saturated rings. The van der Waals surface area contributed by atoms with Crippen LogP contribution in [0.2, 0.25) is 0 Å². The van der Waals surface area contributed by atoms with E-state index in [1.54, 1.807) is 0 Å². The normalized spacial score (nSPS) is 11.3. The molecule has 0 aliphatic heterocycles. The first kappa shape index (κ1) is 14.4. The third-order valence-corrected chi connectivity index (χ3v) is 1.72. The number of rotatable bonds is 4. The molecule has 0 spiro atoms. The molecule has 0 atom stereocenters. The van der Waals surface area contributed by atoms with E-state index in [4.69, 9.17) is 0 Å². The molecule has 6 heteroatoms. The van der Waals surface area contributed by atoms with Gasteiger partial charge in [-0.25, -0.2) is 5.14 Å². The third kappa shape index (κ3) is 8.78. The molecule has 0 amide bonds. The molecule has 0 saturated carbocycles. The SMILES string of the molecule is CCC(CC)OS(N)(=O)=O.[H-].[Na+]. The van der Waals surface area contributed by atoms with Crippen LogP contribution < -0.4 is 34.7 Å². The van der Waals surface area contributed by atoms with Crippen molar-refractivity contribution in [3.63, 3.8) is 0 Å². The first-order valence-electron chi connectivity index (χ1n) is 3.20. The van der Waals surface area contributed by atoms with E-state index >= 15 is 0 Å². The molecule has 0 aromatic heterocycles. The van der Waals surface area contributed by atoms with E-state index in [-0.39, 0.29) is 37.1 Å². The molecule has 0 saturated heterocycles. The van der Waals surface area contributed by atoms with E-state index in [0.717, 1.165) is 0 Å². The minimum absolute atomic E-state index is 0. The van der Waals surface area contributed by atoms with Gasteiger partial charge in [0.15, 0.2) is 0 Å². The van der Waals surface area contributed by atoms with Crippen molar-refractivity contribution in [2.24, 2.45) is 5.14 Å². The maximum Gasteiger partial charge on any atom is 1.00 e. The van der Waals surface area contributed by atoms with Crippen LogP contribution in [0.15, 0.2) is 0 Å². The molecule has 0 rings (SSSR count). The van der Waals surface area contributed by atoms with E-state index in [2.05, 4.69) is 9.32 Å². The van der Waals surface area contributed by atoms with Gasteiger partial charge in [-0.15, -0.1) is 0 Å². The molecule has 64 valence electrons. The molecule has 0 unspecified atom stereocenters. The van der Waals surface area contributed by atoms with E-state index in [9.17, 15) is 8.42 Å². The second-order valence-corrected chi connectivity index (χ2v) is 3.21. The maximum atomic E-state index is 10.3. The predicted molar refractivity (Wildman–Crippen MR) is 39.7 cm³/mol. The molecule has 0 aromatic rings. The smallest absolute Gasteiger partial charge is 1.00 e. The Morgan fingerprint density at radius 2 is 1.82 bits per heavy atom. The van der Waals surface area contributed by atoms with Gasteiger partial charge in [-0.1, -0.05) is 13.8 Å². The van der Waals surface area contributed by atoms with Crippen molar-refractivity contribution in [1.82, 2.24) is 0 Å². The molecule has 0 heterocycles. The summed E-state index contributed by atoms with van der Waals surface area (Å²) in [7, 11) is -3.75. The van der Waals surface area contributed by atoms with Gasteiger partial charge in [-0.3, -0.25) is 4.18 Å². The Labute approximate surface area is 91.5 Å². The van der Waals surface area contributed by atoms with Gasteiger partial charge in [0.25, 0.3) is 0 Å². The zero-order valence-corrected chi connectivity index (χ0v) is 10.0. The monoisotopic (exact) mass is 191 g/mol. The average Bonchev–Trinajstić information content (AvgIpc) is 1.81. The van der Waals surface area contributed by atoms with Crippen molar-refractivity contribution in [1.29, 1.82) is 0 Å². The Hall–Kier alpha value is 0.870. The number of hydrogen-bond acceptors (Lipinski definition) is 3. The quantitative estimate of drug-likeness (QED) is 0.500. The van der Waals surface area contributed by atoms with Crippen molar-refractivity contribution in [2.45, 2.75) is 32.8 Å². The van der Waals surface area contributed by atoms with Crippen LogP contribution in [0.5, 0.6) is 0 Å². The Morgan fingerprint density at radius 1 is 1.45 bits per heavy atom. The van der Waals surface area contributed by atoms with Crippen LogP contribution in [-0.2, 0) is 14.5 Å². The molecule has 11 heavy (non-hydrogen) atoms. The summed E-state index contributed by atoms with van der Waals surface area (Å²) in [5.41, 5.74) is 0. The van der Waals surface area contributed by atoms with Crippen molar-refractivity contribution < 1.29 is 43.6 Å². The Kier molecular flexibility index (Phi) is 8.37. The van der Waals surface area contributed by atoms with Crippen LogP contribution in [-0.4, -0.2) is 14.5 Å². The number of hydrogen-bond donors (Lipinski definition) is 1. The van der Waals surface area contributed by atoms with Crippen LogP contribution in [0.25, 0.3) is 0 Å². The van der Waals surface area contributed by atoms with Crippen LogP contribution in [0.3, 0.4) is 0 Å². The summed E-state index contributed by atoms with van der Waals surface area (Å²) in [4.78, 5) is 0. The summed E-state index contributed by atoms with van der Waals surface area (Å²) < 4.78 is 25.1. The molecule has 0 aliphatic carbocycles. The standard InChI is InChI=1S/C5H13NO3S.Na.H/c1-3-5(4-2)9-10(6,7)8;;/h5H,3-4H2,1-2H3,(H2,6,7,8);;/q;+1;-1. The van der Waals surface area contributed by atoms with Gasteiger partial charge >= 0.3 is 39.9 Å². The largest absolute Gasteiger partial charge is 1.00 e. The molecule has 0 aromatic carbocycles. The van der Waals surface area contributed by atoms with Gasteiger partial charge in [0, 0.05) is 0 Å². The van der Waals surface area contributed by atoms with Crippen molar-refractivity contribution in [3.8, 4) is 0 Å². The summed E-state index contributed by atoms with van der Waals surface area (Å²) in [5.74, 6) is 0. The van der Waals surface area contributed by atoms with Gasteiger partial charge in [-0.05, 0) is 12.8 Å². The molecule has 0 bridgehead atoms. The minimum Gasteiger partial charge on any atom is -1.00 e. The molecular weight excluding hydrogens is 177 g/mol. The van der Waals surface area contributed by atoms with Crippen molar-refractivity contribution >= 4 is 10.3 Å².